The molecule has 1 aliphatic rings. The van der Waals surface area contributed by atoms with Crippen molar-refractivity contribution in [1.82, 2.24) is 0 Å². The van der Waals surface area contributed by atoms with E-state index in [2.05, 4.69) is 132 Å². The number of benzene rings is 3. The second kappa shape index (κ2) is 8.38. The quantitative estimate of drug-likeness (QED) is 0.359. The molecule has 0 aliphatic heterocycles. The highest BCUT2D eigenvalue weighted by molar-refractivity contribution is 9.11. The molecule has 1 aliphatic carbocycles. The number of anilines is 2. The molecule has 0 fully saturated rings. The Labute approximate surface area is 187 Å². The van der Waals surface area contributed by atoms with Gasteiger partial charge in [-0.3, -0.25) is 0 Å². The number of halogens is 1. The summed E-state index contributed by atoms with van der Waals surface area (Å²) >= 11 is 3.60. The molecule has 0 spiro atoms. The molecule has 3 aromatic rings. The third-order valence-corrected chi connectivity index (χ3v) is 5.60. The van der Waals surface area contributed by atoms with Gasteiger partial charge in [-0.25, -0.2) is 0 Å². The van der Waals surface area contributed by atoms with Gasteiger partial charge in [0.05, 0.1) is 11.4 Å². The maximum absolute atomic E-state index is 3.60. The van der Waals surface area contributed by atoms with Gasteiger partial charge in [-0.1, -0.05) is 103 Å². The first-order valence-electron chi connectivity index (χ1n) is 10.1. The van der Waals surface area contributed by atoms with Gasteiger partial charge in [0, 0.05) is 21.8 Å². The Morgan fingerprint density at radius 3 is 2.13 bits per heavy atom. The minimum Gasteiger partial charge on any atom is -0.303 e. The van der Waals surface area contributed by atoms with E-state index in [0.29, 0.717) is 0 Å². The van der Waals surface area contributed by atoms with Crippen LogP contribution >= 0.6 is 15.9 Å². The predicted octanol–water partition coefficient (Wildman–Crippen LogP) is 8.28. The number of hydrogen-bond acceptors (Lipinski definition) is 1. The summed E-state index contributed by atoms with van der Waals surface area (Å²) in [6.07, 6.45) is 3.96. The molecular weight excluding hydrogens is 430 g/mol. The Balaban J connectivity index is 1.91. The van der Waals surface area contributed by atoms with Crippen molar-refractivity contribution in [2.24, 2.45) is 0 Å². The smallest absolute Gasteiger partial charge is 0.0985 e. The average Bonchev–Trinajstić information content (AvgIpc) is 2.75. The minimum atomic E-state index is 0.112. The Hall–Kier alpha value is -3.02. The molecule has 30 heavy (non-hydrogen) atoms. The molecule has 0 heterocycles. The summed E-state index contributed by atoms with van der Waals surface area (Å²) in [6, 6.07) is 27.8. The maximum Gasteiger partial charge on any atom is 0.0985 e. The van der Waals surface area contributed by atoms with Crippen LogP contribution in [-0.4, -0.2) is 0 Å². The number of para-hydroxylation sites is 1. The number of rotatable bonds is 4. The van der Waals surface area contributed by atoms with Crippen molar-refractivity contribution in [3.05, 3.63) is 118 Å². The zero-order valence-corrected chi connectivity index (χ0v) is 19.1. The van der Waals surface area contributed by atoms with E-state index in [-0.39, 0.29) is 5.41 Å². The van der Waals surface area contributed by atoms with Gasteiger partial charge in [0.2, 0.25) is 0 Å². The minimum absolute atomic E-state index is 0.112. The van der Waals surface area contributed by atoms with Gasteiger partial charge in [-0.05, 0) is 46.5 Å². The van der Waals surface area contributed by atoms with Gasteiger partial charge in [-0.15, -0.1) is 0 Å². The molecule has 0 atom stereocenters. The first kappa shape index (κ1) is 20.3. The lowest BCUT2D eigenvalue weighted by molar-refractivity contribution is 0.590. The van der Waals surface area contributed by atoms with E-state index in [4.69, 9.17) is 0 Å². The summed E-state index contributed by atoms with van der Waals surface area (Å²) in [4.78, 5) is 2.25. The molecule has 4 rings (SSSR count). The SMILES string of the molecule is CC(C)(C)c1ccc(N(C2=C=C=CC(Br)=C2)c2ccccc2-c2ccccc2)cc1. The average molecular weight is 454 g/mol. The standard InChI is InChI=1S/C28H24BrN/c1-28(2,3)22-16-18-24(19-17-22)30(25-13-9-12-23(29)20-25)27-15-8-7-14-26(27)21-10-5-4-6-11-21/h4-8,10-12,14-20H,1-3H3. The lowest BCUT2D eigenvalue weighted by atomic mass is 9.87. The van der Waals surface area contributed by atoms with Crippen molar-refractivity contribution in [2.75, 3.05) is 4.90 Å². The molecular formula is C28H24BrN. The monoisotopic (exact) mass is 453 g/mol. The maximum atomic E-state index is 3.60. The van der Waals surface area contributed by atoms with Crippen LogP contribution in [0.2, 0.25) is 0 Å². The van der Waals surface area contributed by atoms with E-state index in [1.807, 2.05) is 12.1 Å². The Morgan fingerprint density at radius 2 is 1.47 bits per heavy atom. The zero-order chi connectivity index (χ0) is 21.1. The van der Waals surface area contributed by atoms with E-state index in [0.717, 1.165) is 21.6 Å². The van der Waals surface area contributed by atoms with Gasteiger partial charge >= 0.3 is 0 Å². The van der Waals surface area contributed by atoms with Crippen molar-refractivity contribution in [1.29, 1.82) is 0 Å². The van der Waals surface area contributed by atoms with Crippen LogP contribution in [0, 0.1) is 0 Å². The molecule has 0 bridgehead atoms. The molecule has 0 radical (unpaired) electrons. The Bertz CT molecular complexity index is 1180. The molecule has 2 heteroatoms. The van der Waals surface area contributed by atoms with Crippen molar-refractivity contribution >= 4 is 27.3 Å². The summed E-state index contributed by atoms with van der Waals surface area (Å²) in [5, 5.41) is 0. The third-order valence-electron chi connectivity index (χ3n) is 5.15. The first-order chi connectivity index (χ1) is 14.4. The van der Waals surface area contributed by atoms with Crippen molar-refractivity contribution < 1.29 is 0 Å². The topological polar surface area (TPSA) is 3.24 Å². The summed E-state index contributed by atoms with van der Waals surface area (Å²) in [6.45, 7) is 6.71. The van der Waals surface area contributed by atoms with E-state index in [9.17, 15) is 0 Å². The number of hydrogen-bond donors (Lipinski definition) is 0. The zero-order valence-electron chi connectivity index (χ0n) is 17.5. The lowest BCUT2D eigenvalue weighted by Gasteiger charge is -2.28. The number of nitrogens with zero attached hydrogens (tertiary/aromatic N) is 1. The second-order valence-electron chi connectivity index (χ2n) is 8.34. The van der Waals surface area contributed by atoms with Crippen molar-refractivity contribution in [3.8, 4) is 11.1 Å². The summed E-state index contributed by atoms with van der Waals surface area (Å²) < 4.78 is 0.977. The first-order valence-corrected chi connectivity index (χ1v) is 10.9. The normalized spacial score (nSPS) is 13.1. The third kappa shape index (κ3) is 4.27. The highest BCUT2D eigenvalue weighted by Gasteiger charge is 2.20. The molecule has 0 aromatic heterocycles. The van der Waals surface area contributed by atoms with Gasteiger partial charge in [0.1, 0.15) is 0 Å². The molecule has 3 aromatic carbocycles. The van der Waals surface area contributed by atoms with Gasteiger partial charge in [0.25, 0.3) is 0 Å². The number of allylic oxidation sites excluding steroid dienone is 3. The largest absolute Gasteiger partial charge is 0.303 e. The molecule has 0 amide bonds. The second-order valence-corrected chi connectivity index (χ2v) is 9.26. The van der Waals surface area contributed by atoms with E-state index >= 15 is 0 Å². The molecule has 148 valence electrons. The molecule has 0 saturated carbocycles. The van der Waals surface area contributed by atoms with Crippen molar-refractivity contribution in [3.63, 3.8) is 0 Å². The van der Waals surface area contributed by atoms with Crippen LogP contribution in [-0.2, 0) is 5.41 Å². The van der Waals surface area contributed by atoms with E-state index < -0.39 is 0 Å². The molecule has 0 unspecified atom stereocenters. The molecule has 1 nitrogen and oxygen atoms in total. The van der Waals surface area contributed by atoms with Crippen LogP contribution in [0.3, 0.4) is 0 Å². The van der Waals surface area contributed by atoms with Crippen LogP contribution in [0.4, 0.5) is 11.4 Å². The fraction of sp³-hybridized carbons (Fsp3) is 0.143. The summed E-state index contributed by atoms with van der Waals surface area (Å²) in [5.74, 6) is 0. The highest BCUT2D eigenvalue weighted by atomic mass is 79.9. The van der Waals surface area contributed by atoms with Crippen LogP contribution < -0.4 is 4.90 Å². The summed E-state index contributed by atoms with van der Waals surface area (Å²) in [5.41, 5.74) is 13.4. The summed E-state index contributed by atoms with van der Waals surface area (Å²) in [7, 11) is 0. The fourth-order valence-electron chi connectivity index (χ4n) is 3.56. The van der Waals surface area contributed by atoms with Crippen molar-refractivity contribution in [2.45, 2.75) is 26.2 Å². The van der Waals surface area contributed by atoms with E-state index in [1.54, 1.807) is 0 Å². The fourth-order valence-corrected chi connectivity index (χ4v) is 3.89. The molecule has 0 saturated heterocycles. The predicted molar refractivity (Wildman–Crippen MR) is 131 cm³/mol. The van der Waals surface area contributed by atoms with Gasteiger partial charge in [-0.2, -0.15) is 0 Å². The van der Waals surface area contributed by atoms with Crippen LogP contribution in [0.25, 0.3) is 11.1 Å². The molecule has 0 N–H and O–H groups in total. The van der Waals surface area contributed by atoms with Crippen LogP contribution in [0.15, 0.2) is 113 Å². The lowest BCUT2D eigenvalue weighted by Crippen LogP contribution is -2.17. The van der Waals surface area contributed by atoms with Crippen LogP contribution in [0.5, 0.6) is 0 Å². The van der Waals surface area contributed by atoms with Gasteiger partial charge < -0.3 is 4.90 Å². The van der Waals surface area contributed by atoms with Gasteiger partial charge in [0.15, 0.2) is 0 Å². The van der Waals surface area contributed by atoms with Crippen LogP contribution in [0.1, 0.15) is 26.3 Å². The Kier molecular flexibility index (Phi) is 5.66. The highest BCUT2D eigenvalue weighted by Crippen LogP contribution is 2.39. The van der Waals surface area contributed by atoms with E-state index in [1.165, 1.54) is 16.7 Å². The Morgan fingerprint density at radius 1 is 0.800 bits per heavy atom.